The number of ether oxygens (including phenoxy) is 2. The largest absolute Gasteiger partial charge is 0.478 e. The maximum Gasteiger partial charge on any atom is 0.339 e. The van der Waals surface area contributed by atoms with Crippen LogP contribution in [0.4, 0.5) is 27.6 Å². The number of benzene rings is 3. The number of nitrogens with zero attached hydrogens (tertiary/aromatic N) is 2. The van der Waals surface area contributed by atoms with Crippen LogP contribution in [0.3, 0.4) is 0 Å². The Morgan fingerprint density at radius 1 is 0.865 bits per heavy atom. The van der Waals surface area contributed by atoms with Gasteiger partial charge in [-0.2, -0.15) is 0 Å². The van der Waals surface area contributed by atoms with Crippen LogP contribution < -0.4 is 20.1 Å². The first kappa shape index (κ1) is 37.5. The molecule has 2 fully saturated rings. The Kier molecular flexibility index (Phi) is 12.0. The van der Waals surface area contributed by atoms with Gasteiger partial charge in [-0.3, -0.25) is 4.79 Å². The summed E-state index contributed by atoms with van der Waals surface area (Å²) in [6.07, 6.45) is 1.80. The van der Waals surface area contributed by atoms with Gasteiger partial charge in [0.15, 0.2) is 24.7 Å². The van der Waals surface area contributed by atoms with Gasteiger partial charge in [0.2, 0.25) is 11.5 Å². The molecule has 0 saturated carbocycles. The number of fused-ring (bicyclic) bond motifs is 2. The molecule has 2 N–H and O–H groups in total. The van der Waals surface area contributed by atoms with Gasteiger partial charge in [-0.1, -0.05) is 12.8 Å². The Balaban J connectivity index is 1.33. The summed E-state index contributed by atoms with van der Waals surface area (Å²) in [5.41, 5.74) is -2.87. The number of hydrogen-bond donors (Lipinski definition) is 2. The highest BCUT2D eigenvalue weighted by atomic mass is 35.5. The minimum Gasteiger partial charge on any atom is -0.478 e. The van der Waals surface area contributed by atoms with E-state index in [-0.39, 0.29) is 73.8 Å². The minimum absolute atomic E-state index is 0.0446. The number of halogens is 6. The van der Waals surface area contributed by atoms with Crippen LogP contribution in [0, 0.1) is 17.5 Å². The van der Waals surface area contributed by atoms with Gasteiger partial charge < -0.3 is 29.2 Å². The van der Waals surface area contributed by atoms with Crippen molar-refractivity contribution in [1.29, 1.82) is 0 Å². The monoisotopic (exact) mass is 750 g/mol. The molecule has 9 nitrogen and oxygen atoms in total. The first-order valence-electron chi connectivity index (χ1n) is 17.1. The molecule has 0 unspecified atom stereocenters. The van der Waals surface area contributed by atoms with E-state index < -0.39 is 58.4 Å². The summed E-state index contributed by atoms with van der Waals surface area (Å²) in [7, 11) is 0. The Labute approximate surface area is 300 Å². The highest BCUT2D eigenvalue weighted by molar-refractivity contribution is 6.17. The molecule has 3 aliphatic heterocycles. The second kappa shape index (κ2) is 16.6. The Morgan fingerprint density at radius 2 is 1.58 bits per heavy atom. The smallest absolute Gasteiger partial charge is 0.339 e. The average molecular weight is 751 g/mol. The SMILES string of the molecule is O=C(NCCOCCOCCCCCCCl)c1c(F)c(F)c(C(=O)O)c(-c2c3ccc(=[N+]4CC(F)C4)cc-3oc3cc(N4CC(F)C4)ccc23)c1F. The second-order valence-corrected chi connectivity index (χ2v) is 13.2. The van der Waals surface area contributed by atoms with Gasteiger partial charge in [0.25, 0.3) is 5.91 Å². The number of aromatic carboxylic acids is 1. The van der Waals surface area contributed by atoms with Crippen molar-refractivity contribution in [2.45, 2.75) is 38.0 Å². The number of unbranched alkanes of at least 4 members (excludes halogenated alkanes) is 3. The molecule has 2 aromatic carbocycles. The van der Waals surface area contributed by atoms with E-state index in [4.69, 9.17) is 25.5 Å². The number of alkyl halides is 3. The van der Waals surface area contributed by atoms with Crippen LogP contribution in [0.1, 0.15) is 46.4 Å². The molecule has 52 heavy (non-hydrogen) atoms. The van der Waals surface area contributed by atoms with Gasteiger partial charge in [0, 0.05) is 58.9 Å². The first-order chi connectivity index (χ1) is 25.1. The van der Waals surface area contributed by atoms with Crippen molar-refractivity contribution in [2.75, 3.05) is 69.9 Å². The zero-order valence-corrected chi connectivity index (χ0v) is 28.9. The number of amides is 1. The number of anilines is 1. The molecule has 2 aromatic rings. The van der Waals surface area contributed by atoms with Crippen LogP contribution in [-0.4, -0.2) is 94.4 Å². The number of carbonyl (C=O) groups is 2. The summed E-state index contributed by atoms with van der Waals surface area (Å²) in [5, 5.41) is 13.1. The summed E-state index contributed by atoms with van der Waals surface area (Å²) in [5.74, 6) is -8.05. The molecule has 15 heteroatoms. The van der Waals surface area contributed by atoms with Crippen LogP contribution >= 0.6 is 11.6 Å². The number of carboxylic acids is 1. The van der Waals surface area contributed by atoms with Crippen molar-refractivity contribution in [1.82, 2.24) is 9.89 Å². The molecule has 6 rings (SSSR count). The Bertz CT molecular complexity index is 2000. The third-order valence-corrected chi connectivity index (χ3v) is 9.45. The van der Waals surface area contributed by atoms with E-state index in [2.05, 4.69) is 5.32 Å². The maximum atomic E-state index is 16.7. The first-order valence-corrected chi connectivity index (χ1v) is 17.7. The quantitative estimate of drug-likeness (QED) is 0.0353. The van der Waals surface area contributed by atoms with Crippen molar-refractivity contribution in [3.05, 3.63) is 70.3 Å². The fourth-order valence-corrected chi connectivity index (χ4v) is 6.58. The zero-order chi connectivity index (χ0) is 36.9. The minimum atomic E-state index is -1.97. The molecule has 0 bridgehead atoms. The molecular formula is C37H38ClF5N3O6+. The number of hydrogen-bond acceptors (Lipinski definition) is 6. The van der Waals surface area contributed by atoms with Crippen molar-refractivity contribution in [3.8, 4) is 22.5 Å². The fourth-order valence-electron chi connectivity index (χ4n) is 6.40. The van der Waals surface area contributed by atoms with E-state index in [9.17, 15) is 23.5 Å². The van der Waals surface area contributed by atoms with Crippen LogP contribution in [0.15, 0.2) is 40.8 Å². The Morgan fingerprint density at radius 3 is 2.27 bits per heavy atom. The summed E-state index contributed by atoms with van der Waals surface area (Å²) >= 11 is 5.66. The summed E-state index contributed by atoms with van der Waals surface area (Å²) in [6, 6.07) is 9.26. The van der Waals surface area contributed by atoms with E-state index >= 15 is 13.2 Å². The standard InChI is InChI=1S/C37H37ClF5N3O6/c38-9-3-1-2-4-11-50-13-14-51-12-10-44-36(47)32-33(41)30(31(37(48)49)34(42)35(32)43)29-25-7-5-23(45-17-21(39)18-45)15-27(25)52-28-16-24(6-8-26(28)29)46-19-22(40)20-46/h5-8,15-16,21-22H,1-4,9-14,17-20H2,(H-,44,47,48,49)/p+1. The molecule has 0 atom stereocenters. The van der Waals surface area contributed by atoms with Crippen LogP contribution in [-0.2, 0) is 9.47 Å². The molecule has 0 aromatic heterocycles. The molecule has 2 saturated heterocycles. The molecular weight excluding hydrogens is 713 g/mol. The van der Waals surface area contributed by atoms with Crippen molar-refractivity contribution < 1.29 is 50.5 Å². The van der Waals surface area contributed by atoms with Gasteiger partial charge in [0.05, 0.1) is 39.0 Å². The predicted octanol–water partition coefficient (Wildman–Crippen LogP) is 6.16. The molecule has 1 aliphatic carbocycles. The van der Waals surface area contributed by atoms with E-state index in [0.29, 0.717) is 30.1 Å². The van der Waals surface area contributed by atoms with Gasteiger partial charge >= 0.3 is 5.97 Å². The predicted molar refractivity (Wildman–Crippen MR) is 185 cm³/mol. The van der Waals surface area contributed by atoms with Crippen LogP contribution in [0.5, 0.6) is 0 Å². The Hall–Kier alpha value is -4.27. The van der Waals surface area contributed by atoms with E-state index in [0.717, 1.165) is 25.7 Å². The lowest BCUT2D eigenvalue weighted by atomic mass is 9.88. The molecule has 278 valence electrons. The third-order valence-electron chi connectivity index (χ3n) is 9.18. The highest BCUT2D eigenvalue weighted by Gasteiger charge is 2.36. The summed E-state index contributed by atoms with van der Waals surface area (Å²) < 4.78 is 94.1. The van der Waals surface area contributed by atoms with E-state index in [1.165, 1.54) is 12.1 Å². The van der Waals surface area contributed by atoms with Gasteiger partial charge in [-0.05, 0) is 31.0 Å². The van der Waals surface area contributed by atoms with E-state index in [1.54, 1.807) is 33.7 Å². The van der Waals surface area contributed by atoms with Crippen molar-refractivity contribution >= 4 is 40.1 Å². The molecule has 0 spiro atoms. The van der Waals surface area contributed by atoms with E-state index in [1.807, 2.05) is 0 Å². The van der Waals surface area contributed by atoms with Crippen LogP contribution in [0.2, 0.25) is 0 Å². The average Bonchev–Trinajstić information content (AvgIpc) is 3.09. The second-order valence-electron chi connectivity index (χ2n) is 12.8. The lowest BCUT2D eigenvalue weighted by Gasteiger charge is -2.36. The van der Waals surface area contributed by atoms with Crippen LogP contribution in [0.25, 0.3) is 33.4 Å². The number of carbonyl (C=O) groups excluding carboxylic acids is 1. The summed E-state index contributed by atoms with van der Waals surface area (Å²) in [6.45, 7) is 1.33. The number of nitrogens with one attached hydrogen (secondary N) is 1. The van der Waals surface area contributed by atoms with Gasteiger partial charge in [0.1, 0.15) is 34.5 Å². The summed E-state index contributed by atoms with van der Waals surface area (Å²) in [4.78, 5) is 27.4. The van der Waals surface area contributed by atoms with Gasteiger partial charge in [-0.15, -0.1) is 11.6 Å². The third kappa shape index (κ3) is 7.88. The molecule has 0 radical (unpaired) electrons. The number of carboxylic acid groups (broad SMARTS) is 1. The lowest BCUT2D eigenvalue weighted by molar-refractivity contribution is 0.0468. The highest BCUT2D eigenvalue weighted by Crippen LogP contribution is 2.45. The topological polar surface area (TPSA) is 104 Å². The number of rotatable bonds is 16. The van der Waals surface area contributed by atoms with Gasteiger partial charge in [-0.25, -0.2) is 31.3 Å². The molecule has 1 amide bonds. The molecule has 3 heterocycles. The van der Waals surface area contributed by atoms with Crippen molar-refractivity contribution in [3.63, 3.8) is 0 Å². The lowest BCUT2D eigenvalue weighted by Crippen LogP contribution is -2.50. The zero-order valence-electron chi connectivity index (χ0n) is 28.2. The maximum absolute atomic E-state index is 16.7. The van der Waals surface area contributed by atoms with Crippen molar-refractivity contribution in [2.24, 2.45) is 0 Å². The fraction of sp³-hybridized carbons (Fsp3) is 0.432. The molecule has 4 aliphatic rings. The normalized spacial score (nSPS) is 16.0.